The van der Waals surface area contributed by atoms with E-state index in [2.05, 4.69) is 0 Å². The molecule has 7 nitrogen and oxygen atoms in total. The Morgan fingerprint density at radius 2 is 1.62 bits per heavy atom. The van der Waals surface area contributed by atoms with Crippen LogP contribution in [0.3, 0.4) is 0 Å². The molecule has 3 aromatic rings. The van der Waals surface area contributed by atoms with Crippen LogP contribution in [-0.4, -0.2) is 29.5 Å². The topological polar surface area (TPSA) is 109 Å². The third-order valence-corrected chi connectivity index (χ3v) is 3.60. The SMILES string of the molecule is COc1cc(-c2cc(=O)c3c(O)c(O)cc(OC)c3o2)ccc1O. The highest BCUT2D eigenvalue weighted by Gasteiger charge is 2.19. The van der Waals surface area contributed by atoms with E-state index in [1.165, 1.54) is 32.4 Å². The van der Waals surface area contributed by atoms with Crippen LogP contribution in [0.4, 0.5) is 0 Å². The van der Waals surface area contributed by atoms with Crippen LogP contribution >= 0.6 is 0 Å². The van der Waals surface area contributed by atoms with Crippen LogP contribution in [0.5, 0.6) is 28.7 Å². The summed E-state index contributed by atoms with van der Waals surface area (Å²) in [6.45, 7) is 0. The first-order valence-electron chi connectivity index (χ1n) is 6.90. The number of hydrogen-bond donors (Lipinski definition) is 3. The molecule has 0 atom stereocenters. The molecule has 0 saturated carbocycles. The second-order valence-electron chi connectivity index (χ2n) is 5.01. The Morgan fingerprint density at radius 3 is 2.29 bits per heavy atom. The number of methoxy groups -OCH3 is 2. The van der Waals surface area contributed by atoms with Crippen LogP contribution in [0.1, 0.15) is 0 Å². The van der Waals surface area contributed by atoms with E-state index in [1.54, 1.807) is 6.07 Å². The minimum absolute atomic E-state index is 0.00217. The Morgan fingerprint density at radius 1 is 0.917 bits per heavy atom. The Labute approximate surface area is 135 Å². The maximum absolute atomic E-state index is 12.4. The standard InChI is InChI=1S/C17H14O7/c1-22-13-5-8(3-4-9(13)18)12-6-10(19)15-16(21)11(20)7-14(23-2)17(15)24-12/h3-7,18,20-21H,1-2H3. The Hall–Kier alpha value is -3.35. The van der Waals surface area contributed by atoms with Gasteiger partial charge >= 0.3 is 0 Å². The van der Waals surface area contributed by atoms with E-state index in [0.29, 0.717) is 5.56 Å². The van der Waals surface area contributed by atoms with Gasteiger partial charge in [-0.1, -0.05) is 0 Å². The summed E-state index contributed by atoms with van der Waals surface area (Å²) in [5.41, 5.74) is -0.0643. The molecule has 3 N–H and O–H groups in total. The van der Waals surface area contributed by atoms with E-state index in [0.717, 1.165) is 6.07 Å². The first-order chi connectivity index (χ1) is 11.5. The average molecular weight is 330 g/mol. The normalized spacial score (nSPS) is 10.8. The van der Waals surface area contributed by atoms with Crippen LogP contribution in [-0.2, 0) is 0 Å². The lowest BCUT2D eigenvalue weighted by Crippen LogP contribution is -2.02. The molecule has 0 aliphatic heterocycles. The summed E-state index contributed by atoms with van der Waals surface area (Å²) >= 11 is 0. The van der Waals surface area contributed by atoms with Crippen molar-refractivity contribution in [2.75, 3.05) is 14.2 Å². The van der Waals surface area contributed by atoms with Gasteiger partial charge in [-0.3, -0.25) is 4.79 Å². The zero-order valence-corrected chi connectivity index (χ0v) is 12.9. The van der Waals surface area contributed by atoms with Gasteiger partial charge in [0.05, 0.1) is 14.2 Å². The van der Waals surface area contributed by atoms with Crippen molar-refractivity contribution in [1.82, 2.24) is 0 Å². The first kappa shape index (κ1) is 15.5. The van der Waals surface area contributed by atoms with Crippen LogP contribution in [0.25, 0.3) is 22.3 Å². The van der Waals surface area contributed by atoms with Gasteiger partial charge in [0, 0.05) is 17.7 Å². The lowest BCUT2D eigenvalue weighted by molar-refractivity contribution is 0.373. The summed E-state index contributed by atoms with van der Waals surface area (Å²) in [7, 11) is 2.75. The summed E-state index contributed by atoms with van der Waals surface area (Å²) in [4.78, 5) is 12.4. The summed E-state index contributed by atoms with van der Waals surface area (Å²) in [6.07, 6.45) is 0. The van der Waals surface area contributed by atoms with E-state index in [9.17, 15) is 20.1 Å². The van der Waals surface area contributed by atoms with Crippen LogP contribution in [0, 0.1) is 0 Å². The second kappa shape index (κ2) is 5.69. The zero-order valence-electron chi connectivity index (χ0n) is 12.9. The van der Waals surface area contributed by atoms with Crippen molar-refractivity contribution in [2.24, 2.45) is 0 Å². The smallest absolute Gasteiger partial charge is 0.197 e. The fraction of sp³-hybridized carbons (Fsp3) is 0.118. The summed E-state index contributed by atoms with van der Waals surface area (Å²) in [6, 6.07) is 6.79. The molecule has 0 bridgehead atoms. The molecule has 0 saturated heterocycles. The molecular formula is C17H14O7. The van der Waals surface area contributed by atoms with Gasteiger partial charge in [-0.15, -0.1) is 0 Å². The molecule has 7 heteroatoms. The van der Waals surface area contributed by atoms with Crippen molar-refractivity contribution in [3.8, 4) is 40.1 Å². The van der Waals surface area contributed by atoms with Gasteiger partial charge in [0.15, 0.2) is 39.8 Å². The van der Waals surface area contributed by atoms with E-state index >= 15 is 0 Å². The van der Waals surface area contributed by atoms with Crippen molar-refractivity contribution in [1.29, 1.82) is 0 Å². The van der Waals surface area contributed by atoms with Gasteiger partial charge in [0.2, 0.25) is 0 Å². The van der Waals surface area contributed by atoms with Crippen molar-refractivity contribution < 1.29 is 29.2 Å². The van der Waals surface area contributed by atoms with Gasteiger partial charge < -0.3 is 29.2 Å². The van der Waals surface area contributed by atoms with Crippen molar-refractivity contribution >= 4 is 11.0 Å². The Balaban J connectivity index is 2.32. The fourth-order valence-corrected chi connectivity index (χ4v) is 2.40. The van der Waals surface area contributed by atoms with Crippen LogP contribution in [0.15, 0.2) is 39.5 Å². The third kappa shape index (κ3) is 2.36. The Kier molecular flexibility index (Phi) is 3.69. The van der Waals surface area contributed by atoms with Crippen LogP contribution in [0.2, 0.25) is 0 Å². The third-order valence-electron chi connectivity index (χ3n) is 3.60. The molecule has 0 spiro atoms. The predicted molar refractivity (Wildman–Crippen MR) is 86.0 cm³/mol. The lowest BCUT2D eigenvalue weighted by atomic mass is 10.1. The summed E-state index contributed by atoms with van der Waals surface area (Å²) in [5, 5.41) is 29.1. The number of aromatic hydroxyl groups is 3. The minimum Gasteiger partial charge on any atom is -0.504 e. The zero-order chi connectivity index (χ0) is 17.4. The van der Waals surface area contributed by atoms with Crippen molar-refractivity contribution in [3.05, 3.63) is 40.6 Å². The maximum Gasteiger partial charge on any atom is 0.197 e. The number of ether oxygens (including phenoxy) is 2. The predicted octanol–water partition coefficient (Wildman–Crippen LogP) is 2.59. The molecule has 24 heavy (non-hydrogen) atoms. The van der Waals surface area contributed by atoms with Gasteiger partial charge in [-0.2, -0.15) is 0 Å². The van der Waals surface area contributed by atoms with E-state index in [1.807, 2.05) is 0 Å². The molecule has 0 unspecified atom stereocenters. The second-order valence-corrected chi connectivity index (χ2v) is 5.01. The maximum atomic E-state index is 12.4. The Bertz CT molecular complexity index is 988. The summed E-state index contributed by atoms with van der Waals surface area (Å²) in [5.74, 6) is -0.598. The minimum atomic E-state index is -0.575. The van der Waals surface area contributed by atoms with E-state index < -0.39 is 16.9 Å². The molecule has 1 heterocycles. The molecule has 1 aromatic heterocycles. The molecule has 0 amide bonds. The molecule has 0 radical (unpaired) electrons. The number of benzene rings is 2. The van der Waals surface area contributed by atoms with E-state index in [4.69, 9.17) is 13.9 Å². The number of rotatable bonds is 3. The average Bonchev–Trinajstić information content (AvgIpc) is 2.57. The molecule has 3 rings (SSSR count). The molecule has 0 aliphatic carbocycles. The van der Waals surface area contributed by atoms with Crippen molar-refractivity contribution in [2.45, 2.75) is 0 Å². The van der Waals surface area contributed by atoms with Crippen molar-refractivity contribution in [3.63, 3.8) is 0 Å². The fourth-order valence-electron chi connectivity index (χ4n) is 2.40. The van der Waals surface area contributed by atoms with Gasteiger partial charge in [0.1, 0.15) is 11.1 Å². The monoisotopic (exact) mass is 330 g/mol. The quantitative estimate of drug-likeness (QED) is 0.633. The molecule has 124 valence electrons. The number of fused-ring (bicyclic) bond motifs is 1. The number of hydrogen-bond acceptors (Lipinski definition) is 7. The lowest BCUT2D eigenvalue weighted by Gasteiger charge is -2.10. The van der Waals surface area contributed by atoms with Gasteiger partial charge in [0.25, 0.3) is 0 Å². The number of phenols is 3. The largest absolute Gasteiger partial charge is 0.504 e. The van der Waals surface area contributed by atoms with Crippen LogP contribution < -0.4 is 14.9 Å². The van der Waals surface area contributed by atoms with E-state index in [-0.39, 0.29) is 34.0 Å². The molecular weight excluding hydrogens is 316 g/mol. The highest BCUT2D eigenvalue weighted by Crippen LogP contribution is 2.40. The molecule has 2 aromatic carbocycles. The molecule has 0 aliphatic rings. The van der Waals surface area contributed by atoms with Gasteiger partial charge in [-0.05, 0) is 18.2 Å². The van der Waals surface area contributed by atoms with Gasteiger partial charge in [-0.25, -0.2) is 0 Å². The number of phenolic OH excluding ortho intramolecular Hbond substituents is 3. The first-order valence-corrected chi connectivity index (χ1v) is 6.90. The summed E-state index contributed by atoms with van der Waals surface area (Å²) < 4.78 is 15.8. The highest BCUT2D eigenvalue weighted by molar-refractivity contribution is 5.91. The molecule has 0 fully saturated rings. The highest BCUT2D eigenvalue weighted by atomic mass is 16.5.